The Hall–Kier alpha value is -1.72. The van der Waals surface area contributed by atoms with Crippen molar-refractivity contribution >= 4 is 23.6 Å². The summed E-state index contributed by atoms with van der Waals surface area (Å²) in [5.74, 6) is -2.10. The molecule has 0 saturated carbocycles. The summed E-state index contributed by atoms with van der Waals surface area (Å²) in [6.07, 6.45) is 0. The summed E-state index contributed by atoms with van der Waals surface area (Å²) in [4.78, 5) is 47.0. The lowest BCUT2D eigenvalue weighted by molar-refractivity contribution is -0.144. The van der Waals surface area contributed by atoms with Gasteiger partial charge in [0.2, 0.25) is 0 Å². The average molecular weight is 226 g/mol. The van der Waals surface area contributed by atoms with Crippen LogP contribution in [0.15, 0.2) is 0 Å². The molecule has 0 radical (unpaired) electrons. The maximum atomic E-state index is 11.6. The van der Waals surface area contributed by atoms with E-state index in [1.807, 2.05) is 0 Å². The number of rotatable bonds is 2. The number of nitrogens with zero attached hydrogens (tertiary/aromatic N) is 2. The fourth-order valence-corrected chi connectivity index (χ4v) is 1.13. The first-order valence-electron chi connectivity index (χ1n) is 4.83. The molecular formula is C10H14N2O4. The molecule has 6 nitrogen and oxygen atoms in total. The lowest BCUT2D eigenvalue weighted by atomic mass is 9.90. The zero-order valence-corrected chi connectivity index (χ0v) is 9.73. The molecule has 0 aromatic carbocycles. The fraction of sp³-hybridized carbons (Fsp3) is 0.600. The molecule has 0 aromatic rings. The minimum Gasteiger partial charge on any atom is -0.297 e. The van der Waals surface area contributed by atoms with Gasteiger partial charge in [0.1, 0.15) is 0 Å². The first-order chi connectivity index (χ1) is 7.16. The molecule has 1 aliphatic rings. The van der Waals surface area contributed by atoms with E-state index >= 15 is 0 Å². The summed E-state index contributed by atoms with van der Waals surface area (Å²) >= 11 is 0. The van der Waals surface area contributed by atoms with E-state index in [0.29, 0.717) is 9.80 Å². The molecule has 1 saturated heterocycles. The minimum atomic E-state index is -0.940. The van der Waals surface area contributed by atoms with Gasteiger partial charge in [0.15, 0.2) is 5.78 Å². The predicted octanol–water partition coefficient (Wildman–Crippen LogP) is 0.0222. The number of amides is 4. The second kappa shape index (κ2) is 3.70. The summed E-state index contributed by atoms with van der Waals surface area (Å²) in [5, 5.41) is 0. The second-order valence-corrected chi connectivity index (χ2v) is 4.71. The van der Waals surface area contributed by atoms with Crippen molar-refractivity contribution < 1.29 is 19.2 Å². The molecule has 16 heavy (non-hydrogen) atoms. The fourth-order valence-electron chi connectivity index (χ4n) is 1.13. The molecule has 0 aliphatic carbocycles. The first kappa shape index (κ1) is 12.4. The van der Waals surface area contributed by atoms with Gasteiger partial charge in [-0.3, -0.25) is 19.3 Å². The van der Waals surface area contributed by atoms with Gasteiger partial charge in [-0.05, 0) is 0 Å². The largest absolute Gasteiger partial charge is 0.334 e. The van der Waals surface area contributed by atoms with Gasteiger partial charge in [0, 0.05) is 12.5 Å². The van der Waals surface area contributed by atoms with E-state index in [4.69, 9.17) is 0 Å². The predicted molar refractivity (Wildman–Crippen MR) is 54.3 cm³/mol. The van der Waals surface area contributed by atoms with E-state index in [1.54, 1.807) is 20.8 Å². The Morgan fingerprint density at radius 3 is 1.94 bits per heavy atom. The van der Waals surface area contributed by atoms with Crippen molar-refractivity contribution in [1.82, 2.24) is 9.80 Å². The maximum Gasteiger partial charge on any atom is 0.334 e. The Kier molecular flexibility index (Phi) is 2.85. The Balaban J connectivity index is 2.84. The van der Waals surface area contributed by atoms with Gasteiger partial charge in [-0.1, -0.05) is 20.8 Å². The molecule has 6 heteroatoms. The number of carbonyl (C=O) groups excluding carboxylic acids is 4. The van der Waals surface area contributed by atoms with E-state index in [0.717, 1.165) is 0 Å². The van der Waals surface area contributed by atoms with Gasteiger partial charge in [0.05, 0.1) is 6.54 Å². The van der Waals surface area contributed by atoms with Crippen LogP contribution in [0.5, 0.6) is 0 Å². The number of hydrogen-bond acceptors (Lipinski definition) is 4. The number of urea groups is 1. The van der Waals surface area contributed by atoms with Crippen LogP contribution >= 0.6 is 0 Å². The molecule has 0 N–H and O–H groups in total. The number of carbonyl (C=O) groups is 4. The number of Topliss-reactive ketones (excluding diaryl/α,β-unsaturated/α-hetero) is 1. The highest BCUT2D eigenvalue weighted by Gasteiger charge is 2.43. The van der Waals surface area contributed by atoms with Gasteiger partial charge in [0.25, 0.3) is 0 Å². The van der Waals surface area contributed by atoms with Gasteiger partial charge in [-0.15, -0.1) is 0 Å². The molecule has 1 aliphatic heterocycles. The highest BCUT2D eigenvalue weighted by Crippen LogP contribution is 2.17. The summed E-state index contributed by atoms with van der Waals surface area (Å²) in [7, 11) is 1.21. The van der Waals surface area contributed by atoms with Crippen molar-refractivity contribution in [2.45, 2.75) is 20.8 Å². The molecule has 0 bridgehead atoms. The Labute approximate surface area is 93.2 Å². The van der Waals surface area contributed by atoms with Crippen LogP contribution in [-0.2, 0) is 14.4 Å². The maximum absolute atomic E-state index is 11.6. The van der Waals surface area contributed by atoms with Gasteiger partial charge in [-0.25, -0.2) is 9.69 Å². The SMILES string of the molecule is CN1C(=O)C(=O)N(CC(=O)C(C)(C)C)C1=O. The summed E-state index contributed by atoms with van der Waals surface area (Å²) in [5.41, 5.74) is -0.648. The molecule has 1 heterocycles. The summed E-state index contributed by atoms with van der Waals surface area (Å²) < 4.78 is 0. The monoisotopic (exact) mass is 226 g/mol. The topological polar surface area (TPSA) is 74.8 Å². The van der Waals surface area contributed by atoms with Crippen LogP contribution in [0.3, 0.4) is 0 Å². The number of likely N-dealkylation sites (N-methyl/N-ethyl adjacent to an activating group) is 1. The van der Waals surface area contributed by atoms with E-state index in [-0.39, 0.29) is 12.3 Å². The Morgan fingerprint density at radius 1 is 1.12 bits per heavy atom. The zero-order chi connectivity index (χ0) is 12.7. The van der Waals surface area contributed by atoms with Crippen LogP contribution in [0, 0.1) is 5.41 Å². The van der Waals surface area contributed by atoms with E-state index in [1.165, 1.54) is 7.05 Å². The Bertz CT molecular complexity index is 381. The van der Waals surface area contributed by atoms with Gasteiger partial charge >= 0.3 is 17.8 Å². The zero-order valence-electron chi connectivity index (χ0n) is 9.73. The smallest absolute Gasteiger partial charge is 0.297 e. The van der Waals surface area contributed by atoms with Gasteiger partial charge in [-0.2, -0.15) is 0 Å². The van der Waals surface area contributed by atoms with Crippen molar-refractivity contribution in [3.05, 3.63) is 0 Å². The van der Waals surface area contributed by atoms with Crippen LogP contribution in [0.2, 0.25) is 0 Å². The lowest BCUT2D eigenvalue weighted by Crippen LogP contribution is -2.40. The van der Waals surface area contributed by atoms with Crippen LogP contribution in [0.1, 0.15) is 20.8 Å². The number of hydrogen-bond donors (Lipinski definition) is 0. The minimum absolute atomic E-state index is 0.266. The molecule has 0 aromatic heterocycles. The summed E-state index contributed by atoms with van der Waals surface area (Å²) in [6.45, 7) is 4.71. The van der Waals surface area contributed by atoms with Crippen LogP contribution in [-0.4, -0.2) is 47.0 Å². The normalized spacial score (nSPS) is 17.4. The van der Waals surface area contributed by atoms with Gasteiger partial charge < -0.3 is 0 Å². The molecule has 0 spiro atoms. The first-order valence-corrected chi connectivity index (χ1v) is 4.83. The summed E-state index contributed by atoms with van der Waals surface area (Å²) in [6, 6.07) is -0.743. The van der Waals surface area contributed by atoms with Crippen molar-refractivity contribution in [3.8, 4) is 0 Å². The molecule has 1 rings (SSSR count). The van der Waals surface area contributed by atoms with E-state index < -0.39 is 23.3 Å². The van der Waals surface area contributed by atoms with Crippen molar-refractivity contribution in [3.63, 3.8) is 0 Å². The molecular weight excluding hydrogens is 212 g/mol. The highest BCUT2D eigenvalue weighted by molar-refractivity contribution is 6.44. The Morgan fingerprint density at radius 2 is 1.62 bits per heavy atom. The van der Waals surface area contributed by atoms with Crippen LogP contribution in [0.25, 0.3) is 0 Å². The second-order valence-electron chi connectivity index (χ2n) is 4.71. The third kappa shape index (κ3) is 1.95. The van der Waals surface area contributed by atoms with Crippen LogP contribution < -0.4 is 0 Å². The quantitative estimate of drug-likeness (QED) is 0.491. The number of ketones is 1. The third-order valence-electron chi connectivity index (χ3n) is 2.39. The number of imide groups is 2. The van der Waals surface area contributed by atoms with E-state index in [9.17, 15) is 19.2 Å². The standard InChI is InChI=1S/C10H14N2O4/c1-10(2,3)6(13)5-12-8(15)7(14)11(4)9(12)16/h5H2,1-4H3. The molecule has 88 valence electrons. The third-order valence-corrected chi connectivity index (χ3v) is 2.39. The molecule has 0 atom stereocenters. The van der Waals surface area contributed by atoms with Crippen molar-refractivity contribution in [2.24, 2.45) is 5.41 Å². The molecule has 4 amide bonds. The van der Waals surface area contributed by atoms with Crippen molar-refractivity contribution in [2.75, 3.05) is 13.6 Å². The molecule has 1 fully saturated rings. The average Bonchev–Trinajstić information content (AvgIpc) is 2.34. The lowest BCUT2D eigenvalue weighted by Gasteiger charge is -2.19. The van der Waals surface area contributed by atoms with Crippen molar-refractivity contribution in [1.29, 1.82) is 0 Å². The van der Waals surface area contributed by atoms with E-state index in [2.05, 4.69) is 0 Å². The highest BCUT2D eigenvalue weighted by atomic mass is 16.2. The van der Waals surface area contributed by atoms with Crippen LogP contribution in [0.4, 0.5) is 4.79 Å². The molecule has 0 unspecified atom stereocenters.